The van der Waals surface area contributed by atoms with Crippen molar-refractivity contribution in [2.45, 2.75) is 6.10 Å². The standard InChI is InChI=1S/C20H19N3O4/c24-20(23-10-12-26-18(14-23)17-7-4-11-25-17)22-15-5-3-6-16(13-15)27-19-8-1-2-9-21-19/h1-9,11,13,18H,10,12,14H2,(H,22,24)/t18-/m0/s1. The fourth-order valence-corrected chi connectivity index (χ4v) is 2.85. The number of hydrogen-bond acceptors (Lipinski definition) is 5. The molecule has 0 radical (unpaired) electrons. The maximum absolute atomic E-state index is 12.6. The molecular formula is C20H19N3O4. The molecule has 0 aliphatic carbocycles. The maximum Gasteiger partial charge on any atom is 0.322 e. The summed E-state index contributed by atoms with van der Waals surface area (Å²) in [6.45, 7) is 1.41. The van der Waals surface area contributed by atoms with Gasteiger partial charge >= 0.3 is 6.03 Å². The van der Waals surface area contributed by atoms with Crippen LogP contribution in [0.3, 0.4) is 0 Å². The zero-order chi connectivity index (χ0) is 18.5. The highest BCUT2D eigenvalue weighted by Crippen LogP contribution is 2.25. The number of pyridine rings is 1. The van der Waals surface area contributed by atoms with Crippen molar-refractivity contribution < 1.29 is 18.7 Å². The van der Waals surface area contributed by atoms with E-state index in [-0.39, 0.29) is 12.1 Å². The third kappa shape index (κ3) is 4.27. The van der Waals surface area contributed by atoms with Crippen LogP contribution in [-0.4, -0.2) is 35.6 Å². The van der Waals surface area contributed by atoms with E-state index in [1.807, 2.05) is 42.5 Å². The van der Waals surface area contributed by atoms with Crippen molar-refractivity contribution in [1.82, 2.24) is 9.88 Å². The van der Waals surface area contributed by atoms with Crippen LogP contribution in [0.1, 0.15) is 11.9 Å². The van der Waals surface area contributed by atoms with E-state index < -0.39 is 0 Å². The molecule has 1 N–H and O–H groups in total. The Bertz CT molecular complexity index is 883. The smallest absolute Gasteiger partial charge is 0.322 e. The van der Waals surface area contributed by atoms with Crippen LogP contribution in [0.2, 0.25) is 0 Å². The van der Waals surface area contributed by atoms with E-state index in [4.69, 9.17) is 13.9 Å². The lowest BCUT2D eigenvalue weighted by Gasteiger charge is -2.32. The minimum Gasteiger partial charge on any atom is -0.467 e. The van der Waals surface area contributed by atoms with Gasteiger partial charge in [-0.2, -0.15) is 0 Å². The first kappa shape index (κ1) is 17.1. The lowest BCUT2D eigenvalue weighted by molar-refractivity contribution is -0.0242. The molecule has 0 bridgehead atoms. The summed E-state index contributed by atoms with van der Waals surface area (Å²) in [5, 5.41) is 2.90. The third-order valence-corrected chi connectivity index (χ3v) is 4.16. The van der Waals surface area contributed by atoms with E-state index >= 15 is 0 Å². The molecule has 4 rings (SSSR count). The summed E-state index contributed by atoms with van der Waals surface area (Å²) in [6.07, 6.45) is 3.01. The average molecular weight is 365 g/mol. The lowest BCUT2D eigenvalue weighted by Crippen LogP contribution is -2.44. The van der Waals surface area contributed by atoms with Gasteiger partial charge in [0.2, 0.25) is 5.88 Å². The number of urea groups is 1. The number of morpholine rings is 1. The Morgan fingerprint density at radius 2 is 2.15 bits per heavy atom. The molecule has 0 unspecified atom stereocenters. The Balaban J connectivity index is 1.40. The Kier molecular flexibility index (Phi) is 5.02. The van der Waals surface area contributed by atoms with Gasteiger partial charge in [-0.1, -0.05) is 12.1 Å². The van der Waals surface area contributed by atoms with E-state index in [1.54, 1.807) is 29.5 Å². The molecule has 7 heteroatoms. The van der Waals surface area contributed by atoms with Crippen LogP contribution < -0.4 is 10.1 Å². The van der Waals surface area contributed by atoms with E-state index in [1.165, 1.54) is 0 Å². The molecule has 1 atom stereocenters. The molecule has 1 aromatic carbocycles. The van der Waals surface area contributed by atoms with Gasteiger partial charge in [0.05, 0.1) is 19.4 Å². The highest BCUT2D eigenvalue weighted by Gasteiger charge is 2.27. The molecule has 1 aliphatic rings. The van der Waals surface area contributed by atoms with Crippen molar-refractivity contribution in [2.24, 2.45) is 0 Å². The van der Waals surface area contributed by atoms with Crippen molar-refractivity contribution in [2.75, 3.05) is 25.0 Å². The van der Waals surface area contributed by atoms with Gasteiger partial charge < -0.3 is 24.1 Å². The summed E-state index contributed by atoms with van der Waals surface area (Å²) < 4.78 is 16.8. The maximum atomic E-state index is 12.6. The molecule has 7 nitrogen and oxygen atoms in total. The Morgan fingerprint density at radius 1 is 1.19 bits per heavy atom. The number of nitrogens with zero attached hydrogens (tertiary/aromatic N) is 2. The Hall–Kier alpha value is -3.32. The average Bonchev–Trinajstić information content (AvgIpc) is 3.24. The predicted octanol–water partition coefficient (Wildman–Crippen LogP) is 4.07. The van der Waals surface area contributed by atoms with Gasteiger partial charge in [0, 0.05) is 30.6 Å². The normalized spacial score (nSPS) is 16.7. The summed E-state index contributed by atoms with van der Waals surface area (Å²) in [6, 6.07) is 16.1. The molecule has 3 aromatic rings. The van der Waals surface area contributed by atoms with Crippen molar-refractivity contribution in [1.29, 1.82) is 0 Å². The molecule has 2 aromatic heterocycles. The number of hydrogen-bond donors (Lipinski definition) is 1. The van der Waals surface area contributed by atoms with E-state index in [9.17, 15) is 4.79 Å². The van der Waals surface area contributed by atoms with Crippen molar-refractivity contribution >= 4 is 11.7 Å². The number of anilines is 1. The van der Waals surface area contributed by atoms with E-state index in [2.05, 4.69) is 10.3 Å². The van der Waals surface area contributed by atoms with Crippen LogP contribution in [0.25, 0.3) is 0 Å². The van der Waals surface area contributed by atoms with Crippen LogP contribution in [0.15, 0.2) is 71.5 Å². The first-order valence-corrected chi connectivity index (χ1v) is 8.68. The molecule has 0 saturated carbocycles. The van der Waals surface area contributed by atoms with Gasteiger partial charge in [-0.15, -0.1) is 0 Å². The minimum atomic E-state index is -0.252. The highest BCUT2D eigenvalue weighted by molar-refractivity contribution is 5.89. The molecule has 1 aliphatic heterocycles. The lowest BCUT2D eigenvalue weighted by atomic mass is 10.2. The third-order valence-electron chi connectivity index (χ3n) is 4.16. The second-order valence-electron chi connectivity index (χ2n) is 6.05. The molecule has 3 heterocycles. The van der Waals surface area contributed by atoms with Crippen molar-refractivity contribution in [3.63, 3.8) is 0 Å². The summed E-state index contributed by atoms with van der Waals surface area (Å²) in [4.78, 5) is 18.5. The summed E-state index contributed by atoms with van der Waals surface area (Å²) >= 11 is 0. The van der Waals surface area contributed by atoms with Crippen LogP contribution >= 0.6 is 0 Å². The van der Waals surface area contributed by atoms with Gasteiger partial charge in [0.1, 0.15) is 17.6 Å². The Labute approximate surface area is 156 Å². The number of ether oxygens (including phenoxy) is 2. The number of aromatic nitrogens is 1. The number of nitrogens with one attached hydrogen (secondary N) is 1. The summed E-state index contributed by atoms with van der Waals surface area (Å²) in [7, 11) is 0. The van der Waals surface area contributed by atoms with E-state index in [0.29, 0.717) is 37.0 Å². The number of carbonyl (C=O) groups excluding carboxylic acids is 1. The number of carbonyl (C=O) groups is 1. The molecule has 1 saturated heterocycles. The van der Waals surface area contributed by atoms with Crippen molar-refractivity contribution in [3.05, 3.63) is 72.8 Å². The van der Waals surface area contributed by atoms with Crippen molar-refractivity contribution in [3.8, 4) is 11.6 Å². The predicted molar refractivity (Wildman–Crippen MR) is 98.7 cm³/mol. The molecule has 138 valence electrons. The van der Waals surface area contributed by atoms with Gasteiger partial charge in [0.15, 0.2) is 0 Å². The molecular weight excluding hydrogens is 346 g/mol. The second-order valence-corrected chi connectivity index (χ2v) is 6.05. The minimum absolute atomic E-state index is 0.190. The van der Waals surface area contributed by atoms with E-state index in [0.717, 1.165) is 5.76 Å². The number of benzene rings is 1. The quantitative estimate of drug-likeness (QED) is 0.754. The first-order chi connectivity index (χ1) is 13.3. The number of rotatable bonds is 4. The van der Waals surface area contributed by atoms with Gasteiger partial charge in [-0.25, -0.2) is 9.78 Å². The zero-order valence-corrected chi connectivity index (χ0v) is 14.6. The summed E-state index contributed by atoms with van der Waals surface area (Å²) in [5.41, 5.74) is 0.648. The van der Waals surface area contributed by atoms with Crippen LogP contribution in [0.4, 0.5) is 10.5 Å². The number of furan rings is 1. The molecule has 1 fully saturated rings. The second kappa shape index (κ2) is 7.92. The largest absolute Gasteiger partial charge is 0.467 e. The highest BCUT2D eigenvalue weighted by atomic mass is 16.5. The summed E-state index contributed by atoms with van der Waals surface area (Å²) in [5.74, 6) is 1.82. The fourth-order valence-electron chi connectivity index (χ4n) is 2.85. The SMILES string of the molecule is O=C(Nc1cccc(Oc2ccccn2)c1)N1CCO[C@H](c2ccco2)C1. The van der Waals surface area contributed by atoms with Crippen LogP contribution in [0, 0.1) is 0 Å². The molecule has 0 spiro atoms. The number of amides is 2. The van der Waals surface area contributed by atoms with Gasteiger partial charge in [-0.3, -0.25) is 0 Å². The van der Waals surface area contributed by atoms with Gasteiger partial charge in [0.25, 0.3) is 0 Å². The van der Waals surface area contributed by atoms with Crippen LogP contribution in [-0.2, 0) is 4.74 Å². The molecule has 2 amide bonds. The zero-order valence-electron chi connectivity index (χ0n) is 14.6. The van der Waals surface area contributed by atoms with Gasteiger partial charge in [-0.05, 0) is 30.3 Å². The Morgan fingerprint density at radius 3 is 2.96 bits per heavy atom. The topological polar surface area (TPSA) is 76.8 Å². The fraction of sp³-hybridized carbons (Fsp3) is 0.200. The van der Waals surface area contributed by atoms with Crippen LogP contribution in [0.5, 0.6) is 11.6 Å². The first-order valence-electron chi connectivity index (χ1n) is 8.68. The molecule has 27 heavy (non-hydrogen) atoms. The monoisotopic (exact) mass is 365 g/mol.